The lowest BCUT2D eigenvalue weighted by Crippen LogP contribution is -2.37. The van der Waals surface area contributed by atoms with Crippen LogP contribution in [-0.4, -0.2) is 12.8 Å². The minimum Gasteiger partial charge on any atom is -0.434 e. The monoisotopic (exact) mass is 218 g/mol. The summed E-state index contributed by atoms with van der Waals surface area (Å²) < 4.78 is 10.3. The largest absolute Gasteiger partial charge is 0.508 e. The molecule has 3 heteroatoms. The number of hydrogen-bond acceptors (Lipinski definition) is 3. The molecule has 1 aliphatic carbocycles. The number of cyclic esters (lactones) is 1. The number of fused-ring (bicyclic) bond motifs is 3. The molecule has 0 unspecified atom stereocenters. The van der Waals surface area contributed by atoms with Crippen LogP contribution in [0, 0.1) is 12.3 Å². The second kappa shape index (κ2) is 3.00. The van der Waals surface area contributed by atoms with E-state index in [0.29, 0.717) is 6.61 Å². The first kappa shape index (κ1) is 9.70. The summed E-state index contributed by atoms with van der Waals surface area (Å²) in [5.74, 6) is 0. The van der Waals surface area contributed by atoms with Crippen molar-refractivity contribution in [1.82, 2.24) is 0 Å². The summed E-state index contributed by atoms with van der Waals surface area (Å²) in [7, 11) is 0. The maximum Gasteiger partial charge on any atom is 0.508 e. The number of rotatable bonds is 0. The topological polar surface area (TPSA) is 35.5 Å². The smallest absolute Gasteiger partial charge is 0.434 e. The Morgan fingerprint density at radius 1 is 1.44 bits per heavy atom. The third-order valence-electron chi connectivity index (χ3n) is 3.54. The first-order valence-electron chi connectivity index (χ1n) is 5.51. The van der Waals surface area contributed by atoms with Crippen LogP contribution < -0.4 is 0 Å². The van der Waals surface area contributed by atoms with E-state index in [1.165, 1.54) is 11.1 Å². The minimum atomic E-state index is -0.545. The molecule has 1 aromatic carbocycles. The molecule has 0 amide bonds. The molecule has 0 N–H and O–H groups in total. The Hall–Kier alpha value is -1.51. The summed E-state index contributed by atoms with van der Waals surface area (Å²) in [5, 5.41) is 0. The third-order valence-corrected chi connectivity index (χ3v) is 3.54. The molecule has 1 heterocycles. The van der Waals surface area contributed by atoms with Crippen molar-refractivity contribution in [2.45, 2.75) is 26.4 Å². The molecule has 0 aromatic heterocycles. The van der Waals surface area contributed by atoms with Crippen molar-refractivity contribution in [3.63, 3.8) is 0 Å². The zero-order valence-corrected chi connectivity index (χ0v) is 9.45. The second-order valence-electron chi connectivity index (χ2n) is 5.07. The number of ether oxygens (including phenoxy) is 2. The van der Waals surface area contributed by atoms with Gasteiger partial charge in [-0.25, -0.2) is 4.79 Å². The van der Waals surface area contributed by atoms with Gasteiger partial charge in [-0.2, -0.15) is 0 Å². The van der Waals surface area contributed by atoms with E-state index in [-0.39, 0.29) is 11.5 Å². The quantitative estimate of drug-likeness (QED) is 0.628. The van der Waals surface area contributed by atoms with Crippen LogP contribution >= 0.6 is 0 Å². The Bertz CT molecular complexity index is 466. The summed E-state index contributed by atoms with van der Waals surface area (Å²) in [5.41, 5.74) is 3.58. The average Bonchev–Trinajstić information content (AvgIpc) is 2.50. The maximum absolute atomic E-state index is 11.2. The van der Waals surface area contributed by atoms with Crippen molar-refractivity contribution in [3.8, 4) is 0 Å². The highest BCUT2D eigenvalue weighted by atomic mass is 16.7. The molecular weight excluding hydrogens is 204 g/mol. The van der Waals surface area contributed by atoms with Crippen LogP contribution in [0.2, 0.25) is 0 Å². The van der Waals surface area contributed by atoms with E-state index < -0.39 is 6.16 Å². The van der Waals surface area contributed by atoms with Gasteiger partial charge in [0.05, 0.1) is 0 Å². The van der Waals surface area contributed by atoms with Crippen LogP contribution in [0.3, 0.4) is 0 Å². The fourth-order valence-electron chi connectivity index (χ4n) is 2.73. The van der Waals surface area contributed by atoms with Gasteiger partial charge < -0.3 is 9.47 Å². The molecule has 1 aromatic rings. The van der Waals surface area contributed by atoms with Gasteiger partial charge in [0.2, 0.25) is 0 Å². The van der Waals surface area contributed by atoms with E-state index in [1.807, 2.05) is 0 Å². The number of benzene rings is 1. The highest BCUT2D eigenvalue weighted by Gasteiger charge is 2.49. The molecule has 1 fully saturated rings. The summed E-state index contributed by atoms with van der Waals surface area (Å²) >= 11 is 0. The summed E-state index contributed by atoms with van der Waals surface area (Å²) in [6.45, 7) is 4.64. The fraction of sp³-hybridized carbons (Fsp3) is 0.462. The van der Waals surface area contributed by atoms with Gasteiger partial charge >= 0.3 is 6.16 Å². The van der Waals surface area contributed by atoms with Gasteiger partial charge in [-0.3, -0.25) is 0 Å². The van der Waals surface area contributed by atoms with Gasteiger partial charge in [0.25, 0.3) is 0 Å². The predicted octanol–water partition coefficient (Wildman–Crippen LogP) is 2.77. The summed E-state index contributed by atoms with van der Waals surface area (Å²) in [4.78, 5) is 11.2. The zero-order chi connectivity index (χ0) is 11.3. The number of hydrogen-bond donors (Lipinski definition) is 0. The van der Waals surface area contributed by atoms with Gasteiger partial charge in [-0.05, 0) is 24.5 Å². The molecule has 1 saturated heterocycles. The van der Waals surface area contributed by atoms with E-state index in [1.54, 1.807) is 0 Å². The van der Waals surface area contributed by atoms with Crippen molar-refractivity contribution in [1.29, 1.82) is 0 Å². The van der Waals surface area contributed by atoms with Gasteiger partial charge in [0.15, 0.2) is 0 Å². The molecule has 84 valence electrons. The maximum atomic E-state index is 11.2. The SMILES string of the molecule is Cc1ccc2c(c1)C[C@]1(C)COC(=O)O[C@H]21. The highest BCUT2D eigenvalue weighted by molar-refractivity contribution is 5.62. The Kier molecular flexibility index (Phi) is 1.82. The number of carbonyl (C=O) groups excluding carboxylic acids is 1. The first-order valence-corrected chi connectivity index (χ1v) is 5.51. The zero-order valence-electron chi connectivity index (χ0n) is 9.45. The molecular formula is C13H14O3. The van der Waals surface area contributed by atoms with Crippen LogP contribution in [-0.2, 0) is 15.9 Å². The summed E-state index contributed by atoms with van der Waals surface area (Å²) in [6.07, 6.45) is 0.238. The molecule has 3 rings (SSSR count). The van der Waals surface area contributed by atoms with Crippen LogP contribution in [0.1, 0.15) is 29.7 Å². The molecule has 0 bridgehead atoms. The standard InChI is InChI=1S/C13H14O3/c1-8-3-4-10-9(5-8)6-13(2)7-15-12(14)16-11(10)13/h3-5,11H,6-7H2,1-2H3/t11-,13-/m1/s1. The average molecular weight is 218 g/mol. The molecule has 0 radical (unpaired) electrons. The Labute approximate surface area is 94.4 Å². The van der Waals surface area contributed by atoms with E-state index in [2.05, 4.69) is 32.0 Å². The fourth-order valence-corrected chi connectivity index (χ4v) is 2.73. The van der Waals surface area contributed by atoms with Crippen molar-refractivity contribution in [2.75, 3.05) is 6.61 Å². The van der Waals surface area contributed by atoms with Gasteiger partial charge in [-0.15, -0.1) is 0 Å². The van der Waals surface area contributed by atoms with E-state index in [0.717, 1.165) is 12.0 Å². The van der Waals surface area contributed by atoms with Crippen molar-refractivity contribution < 1.29 is 14.3 Å². The molecule has 1 aliphatic heterocycles. The van der Waals surface area contributed by atoms with E-state index >= 15 is 0 Å². The molecule has 3 nitrogen and oxygen atoms in total. The van der Waals surface area contributed by atoms with Crippen molar-refractivity contribution in [3.05, 3.63) is 34.9 Å². The number of carbonyl (C=O) groups is 1. The minimum absolute atomic E-state index is 0.0932. The van der Waals surface area contributed by atoms with Crippen LogP contribution in [0.15, 0.2) is 18.2 Å². The van der Waals surface area contributed by atoms with Crippen LogP contribution in [0.5, 0.6) is 0 Å². The number of aryl methyl sites for hydroxylation is 1. The van der Waals surface area contributed by atoms with E-state index in [9.17, 15) is 4.79 Å². The molecule has 2 aliphatic rings. The second-order valence-corrected chi connectivity index (χ2v) is 5.07. The Morgan fingerprint density at radius 3 is 3.06 bits per heavy atom. The lowest BCUT2D eigenvalue weighted by Gasteiger charge is -2.34. The van der Waals surface area contributed by atoms with Crippen LogP contribution in [0.4, 0.5) is 4.79 Å². The highest BCUT2D eigenvalue weighted by Crippen LogP contribution is 2.50. The van der Waals surface area contributed by atoms with E-state index in [4.69, 9.17) is 9.47 Å². The molecule has 0 saturated carbocycles. The van der Waals surface area contributed by atoms with Crippen molar-refractivity contribution in [2.24, 2.45) is 5.41 Å². The lowest BCUT2D eigenvalue weighted by atomic mass is 9.85. The first-order chi connectivity index (χ1) is 7.58. The summed E-state index contributed by atoms with van der Waals surface area (Å²) in [6, 6.07) is 6.31. The van der Waals surface area contributed by atoms with Crippen molar-refractivity contribution >= 4 is 6.16 Å². The molecule has 0 spiro atoms. The normalized spacial score (nSPS) is 31.4. The lowest BCUT2D eigenvalue weighted by molar-refractivity contribution is -0.0962. The predicted molar refractivity (Wildman–Crippen MR) is 58.2 cm³/mol. The van der Waals surface area contributed by atoms with Crippen LogP contribution in [0.25, 0.3) is 0 Å². The molecule has 16 heavy (non-hydrogen) atoms. The third kappa shape index (κ3) is 1.24. The van der Waals surface area contributed by atoms with Gasteiger partial charge in [0.1, 0.15) is 12.7 Å². The molecule has 2 atom stereocenters. The van der Waals surface area contributed by atoms with Gasteiger partial charge in [-0.1, -0.05) is 30.7 Å². The Morgan fingerprint density at radius 2 is 2.25 bits per heavy atom. The van der Waals surface area contributed by atoms with Gasteiger partial charge in [0, 0.05) is 5.41 Å². The Balaban J connectivity index is 2.07.